The van der Waals surface area contributed by atoms with Crippen LogP contribution in [0.1, 0.15) is 28.7 Å². The molecular weight excluding hydrogens is 258 g/mol. The Bertz CT molecular complexity index is 265. The molecule has 1 amide bonds. The molecule has 0 fully saturated rings. The highest BCUT2D eigenvalue weighted by Gasteiger charge is 2.30. The molecule has 0 aromatic carbocycles. The number of primary amides is 1. The van der Waals surface area contributed by atoms with Gasteiger partial charge in [0.15, 0.2) is 0 Å². The van der Waals surface area contributed by atoms with E-state index in [1.807, 2.05) is 0 Å². The van der Waals surface area contributed by atoms with E-state index in [1.54, 1.807) is 6.07 Å². The molecule has 10 heteroatoms. The number of rotatable bonds is 1. The van der Waals surface area contributed by atoms with Crippen molar-refractivity contribution in [2.45, 2.75) is 28.7 Å². The first-order chi connectivity index (χ1) is 6.09. The third-order valence-electron chi connectivity index (χ3n) is 0.213. The van der Waals surface area contributed by atoms with Gasteiger partial charge < -0.3 is 10.6 Å². The molecule has 0 radical (unpaired) electrons. The molecule has 0 aromatic heterocycles. The Labute approximate surface area is 96.0 Å². The Kier molecular flexibility index (Phi) is 30.5. The lowest BCUT2D eigenvalue weighted by Gasteiger charge is -1.85. The van der Waals surface area contributed by atoms with Crippen LogP contribution in [-0.4, -0.2) is 15.7 Å². The molecule has 0 heterocycles. The molecule has 98 valence electrons. The average Bonchev–Trinajstić information content (AvgIpc) is 1.84. The van der Waals surface area contributed by atoms with Crippen LogP contribution in [0.15, 0.2) is 0 Å². The molecule has 0 spiro atoms. The van der Waals surface area contributed by atoms with Gasteiger partial charge in [0.05, 0.1) is 6.07 Å². The number of hydrogen-bond acceptors (Lipinski definition) is 5. The van der Waals surface area contributed by atoms with Crippen molar-refractivity contribution in [3.05, 3.63) is 0 Å². The Morgan fingerprint density at radius 3 is 1.56 bits per heavy atom. The lowest BCUT2D eigenvalue weighted by molar-refractivity contribution is -0.160. The van der Waals surface area contributed by atoms with Crippen LogP contribution in [0.2, 0.25) is 0 Å². The van der Waals surface area contributed by atoms with E-state index in [9.17, 15) is 18.8 Å². The van der Waals surface area contributed by atoms with E-state index in [0.717, 1.165) is 0 Å². The SMILES string of the molecule is C.C.CC#N.CC(N)=O.O=[P+]([O-])P(=O)(O)O. The van der Waals surface area contributed by atoms with Crippen molar-refractivity contribution in [1.29, 1.82) is 5.26 Å². The maximum atomic E-state index is 9.43. The Morgan fingerprint density at radius 2 is 1.56 bits per heavy atom. The van der Waals surface area contributed by atoms with Gasteiger partial charge in [0.2, 0.25) is 5.91 Å². The van der Waals surface area contributed by atoms with Gasteiger partial charge in [0.1, 0.15) is 0 Å². The summed E-state index contributed by atoms with van der Waals surface area (Å²) >= 11 is 0. The van der Waals surface area contributed by atoms with Gasteiger partial charge in [-0.15, -0.1) is 0 Å². The normalized spacial score (nSPS) is 8.12. The molecule has 0 aliphatic carbocycles. The van der Waals surface area contributed by atoms with Crippen LogP contribution in [0.3, 0.4) is 0 Å². The zero-order valence-corrected chi connectivity index (χ0v) is 9.24. The van der Waals surface area contributed by atoms with Gasteiger partial charge in [-0.25, -0.2) is 4.57 Å². The summed E-state index contributed by atoms with van der Waals surface area (Å²) in [5, 5.41) is 7.32. The molecule has 0 saturated heterocycles. The number of carbonyl (C=O) groups excluding carboxylic acids is 1. The van der Waals surface area contributed by atoms with E-state index < -0.39 is 15.0 Å². The van der Waals surface area contributed by atoms with Crippen molar-refractivity contribution in [2.75, 3.05) is 0 Å². The fraction of sp³-hybridized carbons (Fsp3) is 0.667. The maximum Gasteiger partial charge on any atom is 0.561 e. The van der Waals surface area contributed by atoms with Crippen LogP contribution in [-0.2, 0) is 13.9 Å². The van der Waals surface area contributed by atoms with Gasteiger partial charge in [0, 0.05) is 13.8 Å². The first-order valence-corrected chi connectivity index (χ1v) is 6.36. The van der Waals surface area contributed by atoms with Crippen molar-refractivity contribution in [1.82, 2.24) is 0 Å². The zero-order chi connectivity index (χ0) is 12.4. The minimum Gasteiger partial charge on any atom is -0.588 e. The molecule has 0 rings (SSSR count). The van der Waals surface area contributed by atoms with Gasteiger partial charge in [0.25, 0.3) is 0 Å². The summed E-state index contributed by atoms with van der Waals surface area (Å²) in [4.78, 5) is 33.7. The maximum absolute atomic E-state index is 9.43. The van der Waals surface area contributed by atoms with Crippen molar-refractivity contribution >= 4 is 20.9 Å². The fourth-order valence-corrected chi connectivity index (χ4v) is 0. The summed E-state index contributed by atoms with van der Waals surface area (Å²) in [6, 6.07) is 1.75. The van der Waals surface area contributed by atoms with Crippen molar-refractivity contribution in [2.24, 2.45) is 5.73 Å². The van der Waals surface area contributed by atoms with E-state index in [4.69, 9.17) is 15.0 Å². The van der Waals surface area contributed by atoms with Crippen LogP contribution in [0.4, 0.5) is 0 Å². The lowest BCUT2D eigenvalue weighted by atomic mass is 10.8. The number of amides is 1. The molecule has 8 nitrogen and oxygen atoms in total. The van der Waals surface area contributed by atoms with E-state index in [1.165, 1.54) is 13.8 Å². The summed E-state index contributed by atoms with van der Waals surface area (Å²) < 4.78 is 18.7. The number of nitrogens with zero attached hydrogens (tertiary/aromatic N) is 1. The van der Waals surface area contributed by atoms with Crippen molar-refractivity contribution in [3.63, 3.8) is 0 Å². The van der Waals surface area contributed by atoms with Crippen molar-refractivity contribution in [3.8, 4) is 6.07 Å². The van der Waals surface area contributed by atoms with Crippen LogP contribution in [0.25, 0.3) is 0 Å². The smallest absolute Gasteiger partial charge is 0.561 e. The highest BCUT2D eigenvalue weighted by atomic mass is 32.1. The third-order valence-corrected chi connectivity index (χ3v) is 1.91. The highest BCUT2D eigenvalue weighted by Crippen LogP contribution is 2.56. The van der Waals surface area contributed by atoms with Gasteiger partial charge in [-0.3, -0.25) is 14.6 Å². The molecule has 0 aliphatic heterocycles. The van der Waals surface area contributed by atoms with Crippen molar-refractivity contribution < 1.29 is 28.6 Å². The summed E-state index contributed by atoms with van der Waals surface area (Å²) in [6.45, 7) is 2.74. The summed E-state index contributed by atoms with van der Waals surface area (Å²) in [7, 11) is -8.36. The van der Waals surface area contributed by atoms with Gasteiger partial charge >= 0.3 is 15.0 Å². The van der Waals surface area contributed by atoms with Crippen LogP contribution < -0.4 is 10.6 Å². The quantitative estimate of drug-likeness (QED) is 0.585. The summed E-state index contributed by atoms with van der Waals surface area (Å²) in [6.07, 6.45) is 0. The predicted molar refractivity (Wildman–Crippen MR) is 59.3 cm³/mol. The fourth-order valence-electron chi connectivity index (χ4n) is 0. The second kappa shape index (κ2) is 16.6. The van der Waals surface area contributed by atoms with Gasteiger partial charge in [-0.05, 0) is 0 Å². The van der Waals surface area contributed by atoms with E-state index in [2.05, 4.69) is 5.73 Å². The Hall–Kier alpha value is -0.830. The molecule has 0 aliphatic rings. The molecule has 0 bridgehead atoms. The summed E-state index contributed by atoms with van der Waals surface area (Å²) in [5.74, 6) is -0.333. The second-order valence-electron chi connectivity index (χ2n) is 1.59. The molecule has 16 heavy (non-hydrogen) atoms. The number of hydrogen-bond donors (Lipinski definition) is 3. The summed E-state index contributed by atoms with van der Waals surface area (Å²) in [5.41, 5.74) is 4.47. The molecule has 0 aromatic rings. The number of carbonyl (C=O) groups is 1. The standard InChI is InChI=1S/C2H5NO.C2H3N.2CH4.H2O5P2/c1-2(3)4;1-2-3;;;1-6(2)7(3,4)5/h1H3,(H2,3,4);1H3;2*1H4;(H2,3,4,5). The predicted octanol–water partition coefficient (Wildman–Crippen LogP) is 0.475. The Balaban J connectivity index is -0.0000000393. The van der Waals surface area contributed by atoms with E-state index >= 15 is 0 Å². The number of nitrogens with two attached hydrogens (primary N) is 1. The zero-order valence-electron chi connectivity index (χ0n) is 7.45. The monoisotopic (exact) mass is 276 g/mol. The molecule has 1 unspecified atom stereocenters. The van der Waals surface area contributed by atoms with Crippen LogP contribution in [0, 0.1) is 11.3 Å². The van der Waals surface area contributed by atoms with E-state index in [-0.39, 0.29) is 20.8 Å². The Morgan fingerprint density at radius 1 is 1.50 bits per heavy atom. The van der Waals surface area contributed by atoms with Crippen LogP contribution in [0.5, 0.6) is 0 Å². The largest absolute Gasteiger partial charge is 0.588 e. The molecule has 4 N–H and O–H groups in total. The van der Waals surface area contributed by atoms with Crippen LogP contribution >= 0.6 is 15.0 Å². The second-order valence-corrected chi connectivity index (χ2v) is 5.63. The minimum atomic E-state index is -4.78. The molecule has 0 saturated carbocycles. The van der Waals surface area contributed by atoms with Gasteiger partial charge in [-0.2, -0.15) is 5.26 Å². The molecule has 1 atom stereocenters. The first kappa shape index (κ1) is 29.4. The highest BCUT2D eigenvalue weighted by molar-refractivity contribution is 8.19. The topological polar surface area (TPSA) is 165 Å². The first-order valence-electron chi connectivity index (χ1n) is 2.86. The number of nitriles is 1. The third kappa shape index (κ3) is 73.0. The lowest BCUT2D eigenvalue weighted by Crippen LogP contribution is -2.01. The average molecular weight is 276 g/mol. The van der Waals surface area contributed by atoms with E-state index in [0.29, 0.717) is 0 Å². The molecular formula is C6H18N2O6P2. The van der Waals surface area contributed by atoms with Gasteiger partial charge in [-0.1, -0.05) is 19.4 Å². The minimum absolute atomic E-state index is 0.